The summed E-state index contributed by atoms with van der Waals surface area (Å²) in [6.07, 6.45) is 6.57. The topological polar surface area (TPSA) is 38.3 Å². The van der Waals surface area contributed by atoms with Gasteiger partial charge in [-0.1, -0.05) is 30.2 Å². The van der Waals surface area contributed by atoms with Crippen LogP contribution in [-0.2, 0) is 22.4 Å². The molecule has 94 valence electrons. The molecule has 0 heterocycles. The van der Waals surface area contributed by atoms with Crippen LogP contribution in [-0.4, -0.2) is 24.7 Å². The number of esters is 1. The Kier molecular flexibility index (Phi) is 3.69. The molecule has 2 rings (SSSR count). The summed E-state index contributed by atoms with van der Waals surface area (Å²) < 4.78 is 5.19. The van der Waals surface area contributed by atoms with Gasteiger partial charge in [-0.25, -0.2) is 0 Å². The molecule has 3 heteroatoms. The molecule has 1 aliphatic carbocycles. The lowest BCUT2D eigenvalue weighted by atomic mass is 9.95. The maximum atomic E-state index is 12.2. The molecule has 0 spiro atoms. The van der Waals surface area contributed by atoms with Crippen LogP contribution in [0.15, 0.2) is 24.3 Å². The van der Waals surface area contributed by atoms with E-state index in [1.807, 2.05) is 31.2 Å². The van der Waals surface area contributed by atoms with E-state index >= 15 is 0 Å². The highest BCUT2D eigenvalue weighted by atomic mass is 16.5. The Morgan fingerprint density at radius 1 is 1.44 bits per heavy atom. The summed E-state index contributed by atoms with van der Waals surface area (Å²) in [4.78, 5) is 12.2. The van der Waals surface area contributed by atoms with Crippen LogP contribution in [0.2, 0.25) is 0 Å². The number of hydrogen-bond acceptors (Lipinski definition) is 3. The second-order valence-electron chi connectivity index (χ2n) is 4.48. The van der Waals surface area contributed by atoms with Crippen molar-refractivity contribution in [3.63, 3.8) is 0 Å². The Morgan fingerprint density at radius 2 is 2.06 bits per heavy atom. The van der Waals surface area contributed by atoms with Crippen molar-refractivity contribution >= 4 is 5.97 Å². The van der Waals surface area contributed by atoms with Crippen LogP contribution in [0.25, 0.3) is 0 Å². The third-order valence-electron chi connectivity index (χ3n) is 3.30. The maximum absolute atomic E-state index is 12.2. The number of benzene rings is 1. The molecule has 0 aliphatic heterocycles. The lowest BCUT2D eigenvalue weighted by Crippen LogP contribution is -2.54. The van der Waals surface area contributed by atoms with Gasteiger partial charge in [-0.3, -0.25) is 10.1 Å². The van der Waals surface area contributed by atoms with Crippen molar-refractivity contribution in [2.75, 3.05) is 13.2 Å². The smallest absolute Gasteiger partial charge is 0.327 e. The first-order chi connectivity index (χ1) is 8.72. The molecule has 3 nitrogen and oxygen atoms in total. The fourth-order valence-corrected chi connectivity index (χ4v) is 2.45. The van der Waals surface area contributed by atoms with Crippen LogP contribution in [0.3, 0.4) is 0 Å². The van der Waals surface area contributed by atoms with E-state index in [4.69, 9.17) is 11.2 Å². The Morgan fingerprint density at radius 3 is 2.56 bits per heavy atom. The Hall–Kier alpha value is -1.79. The number of carbonyl (C=O) groups excluding carboxylic acids is 1. The second-order valence-corrected chi connectivity index (χ2v) is 4.48. The van der Waals surface area contributed by atoms with E-state index in [-0.39, 0.29) is 5.97 Å². The Bertz CT molecular complexity index is 463. The Labute approximate surface area is 108 Å². The molecule has 18 heavy (non-hydrogen) atoms. The van der Waals surface area contributed by atoms with Gasteiger partial charge in [-0.15, -0.1) is 6.42 Å². The van der Waals surface area contributed by atoms with E-state index in [0.717, 1.165) is 0 Å². The van der Waals surface area contributed by atoms with Crippen molar-refractivity contribution in [3.8, 4) is 12.3 Å². The van der Waals surface area contributed by atoms with Crippen LogP contribution < -0.4 is 5.32 Å². The van der Waals surface area contributed by atoms with Crippen LogP contribution in [0, 0.1) is 12.3 Å². The van der Waals surface area contributed by atoms with Gasteiger partial charge in [0.25, 0.3) is 0 Å². The highest BCUT2D eigenvalue weighted by Crippen LogP contribution is 2.31. The largest absolute Gasteiger partial charge is 0.465 e. The van der Waals surface area contributed by atoms with Gasteiger partial charge in [0, 0.05) is 12.8 Å². The van der Waals surface area contributed by atoms with Gasteiger partial charge in [0.15, 0.2) is 0 Å². The number of ether oxygens (including phenoxy) is 1. The minimum absolute atomic E-state index is 0.212. The molecule has 0 unspecified atom stereocenters. The van der Waals surface area contributed by atoms with Crippen molar-refractivity contribution in [2.24, 2.45) is 0 Å². The first-order valence-corrected chi connectivity index (χ1v) is 6.14. The van der Waals surface area contributed by atoms with Gasteiger partial charge >= 0.3 is 5.97 Å². The number of terminal acetylenes is 1. The van der Waals surface area contributed by atoms with E-state index in [9.17, 15) is 4.79 Å². The zero-order valence-electron chi connectivity index (χ0n) is 10.5. The molecule has 1 aromatic carbocycles. The molecule has 0 radical (unpaired) electrons. The number of nitrogens with one attached hydrogen (secondary N) is 1. The number of carbonyl (C=O) groups is 1. The number of rotatable bonds is 4. The molecule has 0 bridgehead atoms. The molecule has 0 saturated carbocycles. The average molecular weight is 243 g/mol. The SMILES string of the molecule is C#CCNC1(C(=O)OCC)Cc2ccccc2C1. The van der Waals surface area contributed by atoms with Crippen molar-refractivity contribution in [1.29, 1.82) is 0 Å². The summed E-state index contributed by atoms with van der Waals surface area (Å²) in [5.41, 5.74) is 1.69. The molecule has 0 saturated heterocycles. The van der Waals surface area contributed by atoms with Crippen LogP contribution in [0.5, 0.6) is 0 Å². The summed E-state index contributed by atoms with van der Waals surface area (Å²) in [5, 5.41) is 3.17. The Balaban J connectivity index is 2.25. The molecule has 0 aromatic heterocycles. The monoisotopic (exact) mass is 243 g/mol. The highest BCUT2D eigenvalue weighted by molar-refractivity contribution is 5.83. The minimum atomic E-state index is -0.688. The molecular formula is C15H17NO2. The quantitative estimate of drug-likeness (QED) is 0.640. The molecule has 0 fully saturated rings. The van der Waals surface area contributed by atoms with Gasteiger partial charge in [-0.2, -0.15) is 0 Å². The third-order valence-corrected chi connectivity index (χ3v) is 3.30. The van der Waals surface area contributed by atoms with Crippen LogP contribution in [0.4, 0.5) is 0 Å². The van der Waals surface area contributed by atoms with Gasteiger partial charge in [0.1, 0.15) is 5.54 Å². The zero-order valence-corrected chi connectivity index (χ0v) is 10.5. The summed E-state index contributed by atoms with van der Waals surface area (Å²) >= 11 is 0. The molecule has 0 atom stereocenters. The summed E-state index contributed by atoms with van der Waals surface area (Å²) in [7, 11) is 0. The predicted octanol–water partition coefficient (Wildman–Crippen LogP) is 1.31. The number of fused-ring (bicyclic) bond motifs is 1. The first kappa shape index (κ1) is 12.7. The van der Waals surface area contributed by atoms with Gasteiger partial charge in [0.2, 0.25) is 0 Å². The van der Waals surface area contributed by atoms with Crippen LogP contribution >= 0.6 is 0 Å². The van der Waals surface area contributed by atoms with Crippen molar-refractivity contribution < 1.29 is 9.53 Å². The normalized spacial score (nSPS) is 15.8. The molecule has 1 aliphatic rings. The summed E-state index contributed by atoms with van der Waals surface area (Å²) in [5.74, 6) is 2.31. The lowest BCUT2D eigenvalue weighted by molar-refractivity contribution is -0.150. The molecule has 0 amide bonds. The average Bonchev–Trinajstić information content (AvgIpc) is 2.76. The van der Waals surface area contributed by atoms with E-state index in [1.54, 1.807) is 0 Å². The van der Waals surface area contributed by atoms with E-state index in [0.29, 0.717) is 26.0 Å². The van der Waals surface area contributed by atoms with E-state index in [2.05, 4.69) is 11.2 Å². The van der Waals surface area contributed by atoms with Crippen molar-refractivity contribution in [3.05, 3.63) is 35.4 Å². The fourth-order valence-electron chi connectivity index (χ4n) is 2.45. The van der Waals surface area contributed by atoms with Crippen molar-refractivity contribution in [2.45, 2.75) is 25.3 Å². The van der Waals surface area contributed by atoms with E-state index in [1.165, 1.54) is 11.1 Å². The fraction of sp³-hybridized carbons (Fsp3) is 0.400. The maximum Gasteiger partial charge on any atom is 0.327 e. The highest BCUT2D eigenvalue weighted by Gasteiger charge is 2.44. The number of hydrogen-bond donors (Lipinski definition) is 1. The molecule has 1 N–H and O–H groups in total. The van der Waals surface area contributed by atoms with Crippen molar-refractivity contribution in [1.82, 2.24) is 5.32 Å². The predicted molar refractivity (Wildman–Crippen MR) is 70.0 cm³/mol. The van der Waals surface area contributed by atoms with Crippen LogP contribution in [0.1, 0.15) is 18.1 Å². The van der Waals surface area contributed by atoms with Gasteiger partial charge in [-0.05, 0) is 18.1 Å². The van der Waals surface area contributed by atoms with Gasteiger partial charge < -0.3 is 4.74 Å². The third kappa shape index (κ3) is 2.25. The second kappa shape index (κ2) is 5.24. The molecular weight excluding hydrogens is 226 g/mol. The summed E-state index contributed by atoms with van der Waals surface area (Å²) in [6, 6.07) is 8.07. The first-order valence-electron chi connectivity index (χ1n) is 6.14. The lowest BCUT2D eigenvalue weighted by Gasteiger charge is -2.27. The minimum Gasteiger partial charge on any atom is -0.465 e. The standard InChI is InChI=1S/C15H17NO2/c1-3-9-16-15(14(17)18-4-2)10-12-7-5-6-8-13(12)11-15/h1,5-8,16H,4,9-11H2,2H3. The van der Waals surface area contributed by atoms with Gasteiger partial charge in [0.05, 0.1) is 13.2 Å². The van der Waals surface area contributed by atoms with E-state index < -0.39 is 5.54 Å². The zero-order chi connectivity index (χ0) is 13.0. The molecule has 1 aromatic rings. The summed E-state index contributed by atoms with van der Waals surface area (Å²) in [6.45, 7) is 2.57.